The van der Waals surface area contributed by atoms with E-state index in [-0.39, 0.29) is 35.7 Å². The van der Waals surface area contributed by atoms with E-state index in [1.807, 2.05) is 163 Å². The van der Waals surface area contributed by atoms with Crippen LogP contribution < -0.4 is 72.6 Å². The molecule has 0 unspecified atom stereocenters. The van der Waals surface area contributed by atoms with Gasteiger partial charge in [-0.2, -0.15) is 39.9 Å². The molecule has 0 saturated heterocycles. The van der Waals surface area contributed by atoms with Crippen molar-refractivity contribution in [1.82, 2.24) is 83.1 Å². The van der Waals surface area contributed by atoms with Crippen molar-refractivity contribution in [2.24, 2.45) is 0 Å². The molecule has 12 N–H and O–H groups in total. The van der Waals surface area contributed by atoms with Crippen molar-refractivity contribution in [3.63, 3.8) is 0 Å². The number of methoxy groups -OCH3 is 2. The molecule has 11 heterocycles. The number of nitrogens with zero attached hydrogens (tertiary/aromatic N) is 17. The summed E-state index contributed by atoms with van der Waals surface area (Å²) in [5.74, 6) is 9.43. The average molecular weight is 1470 g/mol. The maximum Gasteiger partial charge on any atom is 0.586 e. The molecule has 0 radical (unpaired) electrons. The fraction of sp³-hybridized carbons (Fsp3) is 0.107. The molecular weight excluding hydrogens is 1400 g/mol. The van der Waals surface area contributed by atoms with Crippen molar-refractivity contribution >= 4 is 113 Å². The Balaban J connectivity index is 0.000000116. The Labute approximate surface area is 616 Å². The number of hydrogen-bond acceptors (Lipinski definition) is 27. The Hall–Kier alpha value is -15.1. The Morgan fingerprint density at radius 2 is 0.725 bits per heavy atom. The van der Waals surface area contributed by atoms with Gasteiger partial charge in [-0.3, -0.25) is 18.3 Å². The highest BCUT2D eigenvalue weighted by atomic mass is 19.3. The van der Waals surface area contributed by atoms with Gasteiger partial charge in [-0.15, -0.1) is 8.78 Å². The van der Waals surface area contributed by atoms with Gasteiger partial charge >= 0.3 is 6.29 Å². The van der Waals surface area contributed by atoms with Crippen LogP contribution in [0.1, 0.15) is 23.3 Å². The van der Waals surface area contributed by atoms with Crippen LogP contribution in [0, 0.1) is 33.5 Å². The summed E-state index contributed by atoms with van der Waals surface area (Å²) in [6.45, 7) is 7.77. The highest BCUT2D eigenvalue weighted by Crippen LogP contribution is 2.43. The quantitative estimate of drug-likeness (QED) is 0.0501. The number of nitrogens with one attached hydrogen (secondary N) is 4. The maximum atomic E-state index is 13.9. The van der Waals surface area contributed by atoms with E-state index in [2.05, 4.69) is 95.5 Å². The van der Waals surface area contributed by atoms with E-state index >= 15 is 0 Å². The first-order valence-electron chi connectivity index (χ1n) is 33.3. The molecule has 7 aromatic carbocycles. The third kappa shape index (κ3) is 15.0. The van der Waals surface area contributed by atoms with Crippen LogP contribution in [0.2, 0.25) is 0 Å². The molecule has 18 rings (SSSR count). The number of aryl methyl sites for hydroxylation is 4. The van der Waals surface area contributed by atoms with E-state index in [4.69, 9.17) is 41.9 Å². The number of ether oxygens (including phenoxy) is 6. The van der Waals surface area contributed by atoms with Gasteiger partial charge in [-0.05, 0) is 119 Å². The van der Waals surface area contributed by atoms with Crippen LogP contribution >= 0.6 is 0 Å². The van der Waals surface area contributed by atoms with Crippen molar-refractivity contribution in [2.75, 3.05) is 65.2 Å². The lowest BCUT2D eigenvalue weighted by Gasteiger charge is -2.11. The molecule has 9 aromatic heterocycles. The van der Waals surface area contributed by atoms with Crippen molar-refractivity contribution in [1.29, 1.82) is 0 Å². The van der Waals surface area contributed by atoms with E-state index < -0.39 is 12.1 Å². The number of alkyl halides is 2. The van der Waals surface area contributed by atoms with Crippen molar-refractivity contribution in [3.05, 3.63) is 223 Å². The van der Waals surface area contributed by atoms with Crippen LogP contribution in [0.4, 0.5) is 82.5 Å². The van der Waals surface area contributed by atoms with Crippen LogP contribution in [0.5, 0.6) is 34.6 Å². The summed E-state index contributed by atoms with van der Waals surface area (Å²) in [4.78, 5) is 58.0. The molecule has 0 bridgehead atoms. The van der Waals surface area contributed by atoms with E-state index in [9.17, 15) is 13.2 Å². The molecule has 2 aliphatic heterocycles. The molecule has 0 aliphatic carbocycles. The van der Waals surface area contributed by atoms with Gasteiger partial charge in [0.05, 0.1) is 70.2 Å². The molecule has 34 heteroatoms. The summed E-state index contributed by atoms with van der Waals surface area (Å²) in [5, 5.41) is 12.5. The van der Waals surface area contributed by atoms with Gasteiger partial charge < -0.3 is 72.6 Å². The molecule has 0 amide bonds. The Kier molecular flexibility index (Phi) is 18.6. The van der Waals surface area contributed by atoms with E-state index in [1.165, 1.54) is 37.4 Å². The second-order valence-corrected chi connectivity index (χ2v) is 24.2. The number of imidazole rings is 4. The number of nitrogen functional groups attached to an aromatic ring is 4. The summed E-state index contributed by atoms with van der Waals surface area (Å²) >= 11 is 0. The third-order valence-electron chi connectivity index (χ3n) is 16.6. The topological polar surface area (TPSA) is 395 Å². The second-order valence-electron chi connectivity index (χ2n) is 24.2. The minimum Gasteiger partial charge on any atom is -0.494 e. The number of halogens is 3. The summed E-state index contributed by atoms with van der Waals surface area (Å²) in [5.41, 5.74) is 33.5. The minimum atomic E-state index is -3.67. The van der Waals surface area contributed by atoms with Crippen LogP contribution in [0.25, 0.3) is 67.9 Å². The number of pyridine rings is 1. The highest BCUT2D eigenvalue weighted by molar-refractivity contribution is 5.81. The lowest BCUT2D eigenvalue weighted by molar-refractivity contribution is -0.286. The SMILES string of the molecule is COc1ccc(Nc2cc(N)nc(-n3c(C)nc4ccccc43)n2)cc1F.COc1ccc(Nc2cc(N)nc(-n3c(C)nc4ccccc43)n2)cn1.Cc1nc2ccccc2n1-c1nc(N)cc(Nc2ccc3c(c2)OC(F)(F)O3)n1.Cc1nc2ccccc2n1-c1nc(N)cc(Nc2ccc3c(c2)OCO3)n1. The van der Waals surface area contributed by atoms with Crippen LogP contribution in [0.15, 0.2) is 194 Å². The van der Waals surface area contributed by atoms with Crippen molar-refractivity contribution in [3.8, 4) is 58.4 Å². The predicted molar refractivity (Wildman–Crippen MR) is 405 cm³/mol. The minimum absolute atomic E-state index is 0.0380. The number of para-hydroxylation sites is 8. The number of anilines is 12. The molecule has 0 saturated carbocycles. The van der Waals surface area contributed by atoms with Gasteiger partial charge in [0.2, 0.25) is 36.5 Å². The van der Waals surface area contributed by atoms with E-state index in [0.29, 0.717) is 87.5 Å². The van der Waals surface area contributed by atoms with Crippen LogP contribution in [-0.2, 0) is 0 Å². The first kappa shape index (κ1) is 69.6. The summed E-state index contributed by atoms with van der Waals surface area (Å²) in [6, 6.07) is 55.6. The van der Waals surface area contributed by atoms with Crippen molar-refractivity contribution < 1.29 is 41.6 Å². The Morgan fingerprint density at radius 3 is 1.11 bits per heavy atom. The second kappa shape index (κ2) is 29.2. The molecule has 109 heavy (non-hydrogen) atoms. The van der Waals surface area contributed by atoms with E-state index in [0.717, 1.165) is 78.7 Å². The normalized spacial score (nSPS) is 12.2. The molecule has 2 aliphatic rings. The smallest absolute Gasteiger partial charge is 0.494 e. The number of hydrogen-bond donors (Lipinski definition) is 8. The maximum absolute atomic E-state index is 13.9. The zero-order chi connectivity index (χ0) is 75.6. The lowest BCUT2D eigenvalue weighted by Crippen LogP contribution is -2.25. The lowest BCUT2D eigenvalue weighted by atomic mass is 10.3. The fourth-order valence-corrected chi connectivity index (χ4v) is 12.0. The monoisotopic (exact) mass is 1470 g/mol. The summed E-state index contributed by atoms with van der Waals surface area (Å²) in [7, 11) is 2.99. The van der Waals surface area contributed by atoms with Gasteiger partial charge in [0.25, 0.3) is 0 Å². The number of benzene rings is 7. The molecule has 0 fully saturated rings. The fourth-order valence-electron chi connectivity index (χ4n) is 12.0. The predicted octanol–water partition coefficient (Wildman–Crippen LogP) is 13.4. The largest absolute Gasteiger partial charge is 0.586 e. The molecule has 0 spiro atoms. The van der Waals surface area contributed by atoms with Gasteiger partial charge in [0, 0.05) is 65.6 Å². The molecule has 0 atom stereocenters. The number of aromatic nitrogens is 17. The average Bonchev–Trinajstić information content (AvgIpc) is 1.62. The highest BCUT2D eigenvalue weighted by Gasteiger charge is 2.43. The van der Waals surface area contributed by atoms with Gasteiger partial charge in [0.15, 0.2) is 34.6 Å². The standard InChI is InChI=1S/C19H14F2N6O2.C19H17FN6O.C19H16N6O2.C18H17N7O/c1-10-23-12-4-2-3-5-13(12)27(10)18-25-16(22)9-17(26-18)24-11-6-7-14-15(8-11)29-19(20,21)28-14;1-11-22-14-5-3-4-6-15(14)26(11)19-24-17(21)10-18(25-19)23-12-7-8-16(27-2)13(20)9-12;1-11-21-13-4-2-3-5-14(13)25(11)19-23-17(20)9-18(24-19)22-12-6-7-15-16(8-12)27-10-26-15;1-11-21-13-5-3-4-6-14(13)25(11)18-23-15(19)9-16(24-18)22-12-7-8-17(26-2)20-10-12/h2-9H,1H3,(H3,22,24,25,26);3-10H,1-2H3,(H3,21,23,24,25);2-9H,10H2,1H3,(H3,20,22,23,24);3-10H,1-2H3,(H3,19,22,23,24). The van der Waals surface area contributed by atoms with Gasteiger partial charge in [-0.1, -0.05) is 48.5 Å². The molecule has 31 nitrogen and oxygen atoms in total. The van der Waals surface area contributed by atoms with E-state index in [1.54, 1.807) is 54.3 Å². The first-order chi connectivity index (χ1) is 52.7. The molecule has 546 valence electrons. The third-order valence-corrected chi connectivity index (χ3v) is 16.6. The van der Waals surface area contributed by atoms with Crippen molar-refractivity contribution in [2.45, 2.75) is 34.0 Å². The Morgan fingerprint density at radius 1 is 0.376 bits per heavy atom. The zero-order valence-electron chi connectivity index (χ0n) is 58.7. The summed E-state index contributed by atoms with van der Waals surface area (Å²) < 4.78 is 77.4. The van der Waals surface area contributed by atoms with Gasteiger partial charge in [0.1, 0.15) is 69.8 Å². The van der Waals surface area contributed by atoms with Crippen LogP contribution in [-0.4, -0.2) is 110 Å². The van der Waals surface area contributed by atoms with Crippen LogP contribution in [0.3, 0.4) is 0 Å². The number of fused-ring (bicyclic) bond motifs is 6. The Bertz CT molecular complexity index is 6110. The summed E-state index contributed by atoms with van der Waals surface area (Å²) in [6.07, 6.45) is -2.01. The molecular formula is C75H64F3N25O6. The first-order valence-corrected chi connectivity index (χ1v) is 33.3. The zero-order valence-corrected chi connectivity index (χ0v) is 58.7. The molecule has 16 aromatic rings. The van der Waals surface area contributed by atoms with Gasteiger partial charge in [-0.25, -0.2) is 29.3 Å². The number of rotatable bonds is 14. The number of nitrogens with two attached hydrogens (primary N) is 4.